The lowest BCUT2D eigenvalue weighted by molar-refractivity contribution is 0.0985. The Labute approximate surface area is 182 Å². The van der Waals surface area contributed by atoms with Gasteiger partial charge in [0.25, 0.3) is 5.91 Å². The second-order valence-electron chi connectivity index (χ2n) is 8.05. The number of halogens is 1. The van der Waals surface area contributed by atoms with Crippen LogP contribution in [0.4, 0.5) is 10.1 Å². The monoisotopic (exact) mass is 415 g/mol. The van der Waals surface area contributed by atoms with E-state index in [9.17, 15) is 9.18 Å². The smallest absolute Gasteiger partial charge is 0.259 e. The average Bonchev–Trinajstić information content (AvgIpc) is 2.78. The van der Waals surface area contributed by atoms with Crippen LogP contribution in [0.3, 0.4) is 0 Å². The van der Waals surface area contributed by atoms with Gasteiger partial charge >= 0.3 is 0 Å². The molecule has 0 radical (unpaired) electrons. The summed E-state index contributed by atoms with van der Waals surface area (Å²) in [5, 5.41) is 0. The lowest BCUT2D eigenvalue weighted by Crippen LogP contribution is -2.35. The highest BCUT2D eigenvalue weighted by molar-refractivity contribution is 6.06. The van der Waals surface area contributed by atoms with Crippen LogP contribution in [0.1, 0.15) is 27.9 Å². The summed E-state index contributed by atoms with van der Waals surface area (Å²) in [5.74, 6) is -0.328. The first-order valence-electron chi connectivity index (χ1n) is 10.5. The van der Waals surface area contributed by atoms with Crippen LogP contribution < -0.4 is 4.90 Å². The van der Waals surface area contributed by atoms with E-state index in [0.717, 1.165) is 36.2 Å². The summed E-state index contributed by atoms with van der Waals surface area (Å²) in [6, 6.07) is 16.1. The lowest BCUT2D eigenvalue weighted by Gasteiger charge is -2.30. The second kappa shape index (κ2) is 9.23. The van der Waals surface area contributed by atoms with Crippen molar-refractivity contribution in [3.63, 3.8) is 0 Å². The summed E-state index contributed by atoms with van der Waals surface area (Å²) in [4.78, 5) is 21.6. The second-order valence-corrected chi connectivity index (χ2v) is 8.05. The fourth-order valence-electron chi connectivity index (χ4n) is 3.80. The van der Waals surface area contributed by atoms with Gasteiger partial charge in [-0.2, -0.15) is 0 Å². The fourth-order valence-corrected chi connectivity index (χ4v) is 3.80. The van der Waals surface area contributed by atoms with Gasteiger partial charge < -0.3 is 9.80 Å². The van der Waals surface area contributed by atoms with Crippen molar-refractivity contribution >= 4 is 17.7 Å². The zero-order valence-corrected chi connectivity index (χ0v) is 17.9. The van der Waals surface area contributed by atoms with Crippen LogP contribution in [-0.4, -0.2) is 43.0 Å². The Kier molecular flexibility index (Phi) is 6.23. The highest BCUT2D eigenvalue weighted by atomic mass is 19.1. The van der Waals surface area contributed by atoms with Gasteiger partial charge in [-0.25, -0.2) is 4.39 Å². The van der Waals surface area contributed by atoms with Crippen molar-refractivity contribution in [3.05, 3.63) is 89.4 Å². The van der Waals surface area contributed by atoms with Gasteiger partial charge in [0.05, 0.1) is 11.3 Å². The van der Waals surface area contributed by atoms with Crippen molar-refractivity contribution < 1.29 is 9.18 Å². The number of amides is 1. The minimum Gasteiger partial charge on any atom is -0.308 e. The molecular weight excluding hydrogens is 389 g/mol. The summed E-state index contributed by atoms with van der Waals surface area (Å²) in [6.07, 6.45) is 7.77. The molecule has 1 amide bonds. The van der Waals surface area contributed by atoms with Crippen LogP contribution in [0.15, 0.2) is 66.9 Å². The first-order valence-corrected chi connectivity index (χ1v) is 10.5. The highest BCUT2D eigenvalue weighted by Gasteiger charge is 2.24. The zero-order valence-electron chi connectivity index (χ0n) is 17.9. The molecule has 1 aromatic heterocycles. The number of benzene rings is 2. The maximum absolute atomic E-state index is 13.2. The van der Waals surface area contributed by atoms with Crippen LogP contribution in [0.5, 0.6) is 0 Å². The average molecular weight is 416 g/mol. The molecule has 3 aromatic rings. The molecule has 0 fully saturated rings. The molecule has 31 heavy (non-hydrogen) atoms. The van der Waals surface area contributed by atoms with Crippen LogP contribution in [0, 0.1) is 5.82 Å². The first kappa shape index (κ1) is 20.9. The third kappa shape index (κ3) is 4.89. The quantitative estimate of drug-likeness (QED) is 0.585. The summed E-state index contributed by atoms with van der Waals surface area (Å²) in [5.41, 5.74) is 5.41. The molecule has 0 N–H and O–H groups in total. The van der Waals surface area contributed by atoms with Gasteiger partial charge in [-0.05, 0) is 86.6 Å². The maximum atomic E-state index is 13.2. The molecule has 0 atom stereocenters. The predicted octanol–water partition coefficient (Wildman–Crippen LogP) is 5.06. The van der Waals surface area contributed by atoms with E-state index >= 15 is 0 Å². The van der Waals surface area contributed by atoms with E-state index in [2.05, 4.69) is 34.2 Å². The van der Waals surface area contributed by atoms with Gasteiger partial charge in [0.1, 0.15) is 5.82 Å². The molecule has 0 saturated carbocycles. The molecule has 2 aromatic carbocycles. The van der Waals surface area contributed by atoms with Crippen molar-refractivity contribution in [1.82, 2.24) is 9.88 Å². The molecule has 0 bridgehead atoms. The Balaban J connectivity index is 1.53. The van der Waals surface area contributed by atoms with E-state index in [4.69, 9.17) is 0 Å². The first-order chi connectivity index (χ1) is 15.0. The van der Waals surface area contributed by atoms with E-state index in [0.29, 0.717) is 17.8 Å². The van der Waals surface area contributed by atoms with Crippen molar-refractivity contribution in [2.24, 2.45) is 0 Å². The highest BCUT2D eigenvalue weighted by Crippen LogP contribution is 2.30. The van der Waals surface area contributed by atoms with Gasteiger partial charge in [-0.15, -0.1) is 0 Å². The van der Waals surface area contributed by atoms with E-state index < -0.39 is 0 Å². The van der Waals surface area contributed by atoms with Crippen LogP contribution in [0.2, 0.25) is 0 Å². The Morgan fingerprint density at radius 3 is 2.65 bits per heavy atom. The minimum atomic E-state index is -0.282. The Bertz CT molecular complexity index is 1090. The zero-order chi connectivity index (χ0) is 21.8. The third-order valence-corrected chi connectivity index (χ3v) is 5.40. The number of aromatic nitrogens is 1. The molecule has 0 spiro atoms. The molecule has 1 aliphatic heterocycles. The third-order valence-electron chi connectivity index (χ3n) is 5.40. The van der Waals surface area contributed by atoms with Gasteiger partial charge in [0, 0.05) is 30.5 Å². The Morgan fingerprint density at radius 1 is 1.13 bits per heavy atom. The number of carbonyl (C=O) groups is 1. The van der Waals surface area contributed by atoms with Gasteiger partial charge in [0.15, 0.2) is 0 Å². The van der Waals surface area contributed by atoms with Gasteiger partial charge in [-0.1, -0.05) is 18.2 Å². The molecule has 1 aliphatic rings. The Morgan fingerprint density at radius 2 is 1.94 bits per heavy atom. The molecule has 158 valence electrons. The molecule has 0 saturated heterocycles. The number of nitrogens with zero attached hydrogens (tertiary/aromatic N) is 3. The number of fused-ring (bicyclic) bond motifs is 1. The van der Waals surface area contributed by atoms with Crippen molar-refractivity contribution in [2.45, 2.75) is 12.8 Å². The van der Waals surface area contributed by atoms with Crippen LogP contribution >= 0.6 is 0 Å². The standard InChI is InChI=1S/C26H26FN3O/c1-29(2)15-3-5-19-7-14-25-21(17-19)6-4-16-30(25)26(31)22-10-13-24(28-18-22)20-8-11-23(27)12-9-20/h3,5,7-14,17-18H,4,6,15-16H2,1-2H3. The molecule has 4 rings (SSSR count). The van der Waals surface area contributed by atoms with Crippen LogP contribution in [0.25, 0.3) is 17.3 Å². The van der Waals surface area contributed by atoms with Crippen molar-refractivity contribution in [3.8, 4) is 11.3 Å². The maximum Gasteiger partial charge on any atom is 0.259 e. The number of hydrogen-bond donors (Lipinski definition) is 0. The lowest BCUT2D eigenvalue weighted by atomic mass is 9.98. The topological polar surface area (TPSA) is 36.4 Å². The van der Waals surface area contributed by atoms with Crippen LogP contribution in [-0.2, 0) is 6.42 Å². The number of pyridine rings is 1. The largest absolute Gasteiger partial charge is 0.308 e. The molecule has 4 nitrogen and oxygen atoms in total. The summed E-state index contributed by atoms with van der Waals surface area (Å²) in [7, 11) is 4.09. The molecule has 0 unspecified atom stereocenters. The fraction of sp³-hybridized carbons (Fsp3) is 0.231. The number of hydrogen-bond acceptors (Lipinski definition) is 3. The van der Waals surface area contributed by atoms with Gasteiger partial charge in [0.2, 0.25) is 0 Å². The molecule has 5 heteroatoms. The number of anilines is 1. The summed E-state index contributed by atoms with van der Waals surface area (Å²) in [6.45, 7) is 1.59. The normalized spacial score (nSPS) is 13.6. The van der Waals surface area contributed by atoms with Crippen molar-refractivity contribution in [2.75, 3.05) is 32.1 Å². The van der Waals surface area contributed by atoms with E-state index in [-0.39, 0.29) is 11.7 Å². The van der Waals surface area contributed by atoms with Gasteiger partial charge in [-0.3, -0.25) is 9.78 Å². The number of aryl methyl sites for hydroxylation is 1. The summed E-state index contributed by atoms with van der Waals surface area (Å²) >= 11 is 0. The minimum absolute atomic E-state index is 0.0463. The number of carbonyl (C=O) groups excluding carboxylic acids is 1. The Hall–Kier alpha value is -3.31. The SMILES string of the molecule is CN(C)CC=Cc1ccc2c(c1)CCCN2C(=O)c1ccc(-c2ccc(F)cc2)nc1. The molecular formula is C26H26FN3O. The van der Waals surface area contributed by atoms with E-state index in [1.807, 2.05) is 31.1 Å². The summed E-state index contributed by atoms with van der Waals surface area (Å²) < 4.78 is 13.1. The van der Waals surface area contributed by atoms with E-state index in [1.54, 1.807) is 24.4 Å². The molecule has 2 heterocycles. The van der Waals surface area contributed by atoms with Crippen molar-refractivity contribution in [1.29, 1.82) is 0 Å². The number of likely N-dealkylation sites (N-methyl/N-ethyl adjacent to an activating group) is 1. The predicted molar refractivity (Wildman–Crippen MR) is 124 cm³/mol. The molecule has 0 aliphatic carbocycles. The number of rotatable bonds is 5. The van der Waals surface area contributed by atoms with E-state index in [1.165, 1.54) is 17.7 Å².